The fourth-order valence-corrected chi connectivity index (χ4v) is 4.25. The molecule has 1 fully saturated rings. The number of likely N-dealkylation sites (tertiary alicyclic amines) is 1. The number of nitrogens with zero attached hydrogens (tertiary/aromatic N) is 6. The number of carbonyl (C=O) groups excluding carboxylic acids is 2. The van der Waals surface area contributed by atoms with Crippen LogP contribution >= 0.6 is 0 Å². The quantitative estimate of drug-likeness (QED) is 0.639. The van der Waals surface area contributed by atoms with Gasteiger partial charge in [-0.2, -0.15) is 13.2 Å². The van der Waals surface area contributed by atoms with Crippen molar-refractivity contribution in [1.82, 2.24) is 19.4 Å². The zero-order chi connectivity index (χ0) is 25.7. The normalized spacial score (nSPS) is 24.7. The van der Waals surface area contributed by atoms with Gasteiger partial charge in [0, 0.05) is 46.6 Å². The molecule has 0 saturated carbocycles. The van der Waals surface area contributed by atoms with E-state index in [1.807, 2.05) is 0 Å². The van der Waals surface area contributed by atoms with Crippen molar-refractivity contribution >= 4 is 29.7 Å². The predicted octanol–water partition coefficient (Wildman–Crippen LogP) is 1.45. The number of amides is 3. The molecule has 3 aliphatic rings. The number of piperidine rings is 1. The third-order valence-corrected chi connectivity index (χ3v) is 6.23. The summed E-state index contributed by atoms with van der Waals surface area (Å²) in [6, 6.07) is -1.64. The molecule has 4 heterocycles. The molecule has 0 bridgehead atoms. The molecule has 1 saturated heterocycles. The number of nitrogens with one attached hydrogen (secondary N) is 1. The molecule has 0 aromatic carbocycles. The van der Waals surface area contributed by atoms with E-state index in [-0.39, 0.29) is 18.9 Å². The number of rotatable bonds is 3. The predicted molar refractivity (Wildman–Crippen MR) is 119 cm³/mol. The largest absolute Gasteiger partial charge is 0.417 e. The molecule has 10 nitrogen and oxygen atoms in total. The fraction of sp³-hybridized carbons (Fsp3) is 0.476. The molecule has 0 spiro atoms. The number of dihydropyridines is 1. The van der Waals surface area contributed by atoms with Gasteiger partial charge in [0.25, 0.3) is 11.5 Å². The Morgan fingerprint density at radius 2 is 1.97 bits per heavy atom. The van der Waals surface area contributed by atoms with E-state index in [9.17, 15) is 27.6 Å². The number of likely N-dealkylation sites (N-methyl/N-ethyl adjacent to an activating group) is 1. The van der Waals surface area contributed by atoms with Crippen LogP contribution in [-0.2, 0) is 18.0 Å². The van der Waals surface area contributed by atoms with E-state index in [0.717, 1.165) is 16.5 Å². The Morgan fingerprint density at radius 1 is 1.26 bits per heavy atom. The first-order valence-electron chi connectivity index (χ1n) is 10.7. The number of anilines is 1. The van der Waals surface area contributed by atoms with Gasteiger partial charge < -0.3 is 14.8 Å². The summed E-state index contributed by atoms with van der Waals surface area (Å²) >= 11 is 0. The molecule has 188 valence electrons. The zero-order valence-electron chi connectivity index (χ0n) is 19.1. The second-order valence-corrected chi connectivity index (χ2v) is 8.57. The minimum atomic E-state index is -4.71. The summed E-state index contributed by atoms with van der Waals surface area (Å²) < 4.78 is 55.1. The Hall–Kier alpha value is -3.55. The van der Waals surface area contributed by atoms with Crippen LogP contribution in [0, 0.1) is 0 Å². The molecule has 3 aliphatic heterocycles. The van der Waals surface area contributed by atoms with Gasteiger partial charge in [-0.25, -0.2) is 19.2 Å². The number of fused-ring (bicyclic) bond motifs is 1. The number of hydrogen-bond acceptors (Lipinski definition) is 6. The highest BCUT2D eigenvalue weighted by atomic mass is 19.4. The lowest BCUT2D eigenvalue weighted by Gasteiger charge is -2.41. The van der Waals surface area contributed by atoms with Gasteiger partial charge >= 0.3 is 12.2 Å². The lowest BCUT2D eigenvalue weighted by molar-refractivity contribution is -0.138. The molecule has 1 N–H and O–H groups in total. The maximum absolute atomic E-state index is 15.1. The van der Waals surface area contributed by atoms with Gasteiger partial charge in [0.1, 0.15) is 11.9 Å². The topological polar surface area (TPSA) is 103 Å². The second-order valence-electron chi connectivity index (χ2n) is 8.57. The molecule has 35 heavy (non-hydrogen) atoms. The van der Waals surface area contributed by atoms with Gasteiger partial charge in [0.05, 0.1) is 23.2 Å². The van der Waals surface area contributed by atoms with Crippen LogP contribution in [0.4, 0.5) is 28.0 Å². The van der Waals surface area contributed by atoms with Gasteiger partial charge in [0.2, 0.25) is 0 Å². The van der Waals surface area contributed by atoms with Crippen LogP contribution in [0.2, 0.25) is 0 Å². The van der Waals surface area contributed by atoms with Crippen LogP contribution in [0.15, 0.2) is 38.8 Å². The van der Waals surface area contributed by atoms with E-state index >= 15 is 4.39 Å². The number of aromatic nitrogens is 1. The molecule has 1 aromatic heterocycles. The number of pyridine rings is 1. The Kier molecular flexibility index (Phi) is 6.25. The Balaban J connectivity index is 1.42. The zero-order valence-corrected chi connectivity index (χ0v) is 19.1. The monoisotopic (exact) mass is 497 g/mol. The molecule has 4 rings (SSSR count). The van der Waals surface area contributed by atoms with E-state index < -0.39 is 47.3 Å². The Morgan fingerprint density at radius 3 is 2.63 bits per heavy atom. The number of urea groups is 1. The van der Waals surface area contributed by atoms with Crippen molar-refractivity contribution in [3.05, 3.63) is 39.8 Å². The summed E-state index contributed by atoms with van der Waals surface area (Å²) in [5, 5.41) is 7.36. The molecule has 1 aromatic rings. The van der Waals surface area contributed by atoms with Crippen LogP contribution in [-0.4, -0.2) is 88.8 Å². The van der Waals surface area contributed by atoms with E-state index in [1.165, 1.54) is 19.1 Å². The Bertz CT molecular complexity index is 1210. The summed E-state index contributed by atoms with van der Waals surface area (Å²) in [4.78, 5) is 44.1. The van der Waals surface area contributed by atoms with Crippen molar-refractivity contribution in [3.63, 3.8) is 0 Å². The minimum absolute atomic E-state index is 0.0649. The third-order valence-electron chi connectivity index (χ3n) is 6.23. The molecule has 1 unspecified atom stereocenters. The van der Waals surface area contributed by atoms with Crippen LogP contribution in [0.3, 0.4) is 0 Å². The van der Waals surface area contributed by atoms with E-state index in [0.29, 0.717) is 30.2 Å². The van der Waals surface area contributed by atoms with E-state index in [4.69, 9.17) is 0 Å². The summed E-state index contributed by atoms with van der Waals surface area (Å²) in [7, 11) is 3.97. The van der Waals surface area contributed by atoms with Crippen LogP contribution in [0.25, 0.3) is 0 Å². The highest BCUT2D eigenvalue weighted by Crippen LogP contribution is 2.30. The third kappa shape index (κ3) is 4.70. The molecule has 14 heteroatoms. The molecule has 0 radical (unpaired) electrons. The smallest absolute Gasteiger partial charge is 0.322 e. The summed E-state index contributed by atoms with van der Waals surface area (Å²) in [5.74, 6) is 0.00301. The first-order valence-corrected chi connectivity index (χ1v) is 10.7. The standard InChI is InChI=1S/C21H23F4N7O3/c1-29-9-11(21(23,24)25)6-15(19(29)34)27-20(35)30(2)16-4-5-32(10-14(16)22)12-7-13-17(26-8-12)28-31(3)18(13)33/h6-9,12,14,16H,4-5,10H2,1-3H3,(H,27,35)/t12?,14-,16+/m0/s1. The lowest BCUT2D eigenvalue weighted by Crippen LogP contribution is -2.56. The number of alkyl halides is 4. The number of carbonyl (C=O) groups is 2. The number of amidine groups is 1. The first kappa shape index (κ1) is 24.6. The summed E-state index contributed by atoms with van der Waals surface area (Å²) in [6.45, 7) is 0.301. The Labute approximate surface area is 197 Å². The number of aliphatic imine (C=N–C) groups is 1. The maximum atomic E-state index is 15.1. The molecule has 3 amide bonds. The highest BCUT2D eigenvalue weighted by Gasteiger charge is 2.38. The van der Waals surface area contributed by atoms with Crippen molar-refractivity contribution in [2.24, 2.45) is 17.1 Å². The van der Waals surface area contributed by atoms with Crippen molar-refractivity contribution in [3.8, 4) is 0 Å². The number of aryl methyl sites for hydroxylation is 1. The van der Waals surface area contributed by atoms with Crippen LogP contribution in [0.5, 0.6) is 0 Å². The van der Waals surface area contributed by atoms with E-state index in [1.54, 1.807) is 17.2 Å². The average molecular weight is 497 g/mol. The van der Waals surface area contributed by atoms with Crippen molar-refractivity contribution < 1.29 is 27.2 Å². The molecular weight excluding hydrogens is 474 g/mol. The summed E-state index contributed by atoms with van der Waals surface area (Å²) in [5.41, 5.74) is -2.14. The lowest BCUT2D eigenvalue weighted by atomic mass is 9.98. The SMILES string of the molecule is CN1N=C2N=CC(N3CC[C@@H](N(C)C(=O)Nc4cc(C(F)(F)F)cn(C)c4=O)[C@@H](F)C3)C=C2C1=O. The minimum Gasteiger partial charge on any atom is -0.322 e. The van der Waals surface area contributed by atoms with Crippen LogP contribution in [0.1, 0.15) is 12.0 Å². The maximum Gasteiger partial charge on any atom is 0.417 e. The van der Waals surface area contributed by atoms with Gasteiger partial charge in [-0.05, 0) is 18.6 Å². The van der Waals surface area contributed by atoms with Gasteiger partial charge in [-0.3, -0.25) is 14.5 Å². The fourth-order valence-electron chi connectivity index (χ4n) is 4.25. The number of hydrazone groups is 1. The van der Waals surface area contributed by atoms with Gasteiger partial charge in [-0.1, -0.05) is 0 Å². The summed E-state index contributed by atoms with van der Waals surface area (Å²) in [6.07, 6.45) is -2.12. The average Bonchev–Trinajstić information content (AvgIpc) is 3.08. The molecule has 3 atom stereocenters. The number of halogens is 4. The van der Waals surface area contributed by atoms with Crippen LogP contribution < -0.4 is 10.9 Å². The van der Waals surface area contributed by atoms with Crippen molar-refractivity contribution in [1.29, 1.82) is 0 Å². The van der Waals surface area contributed by atoms with Gasteiger partial charge in [-0.15, -0.1) is 5.10 Å². The second kappa shape index (κ2) is 8.91. The number of hydrogen-bond donors (Lipinski definition) is 1. The van der Waals surface area contributed by atoms with Gasteiger partial charge in [0.15, 0.2) is 5.84 Å². The molecule has 0 aliphatic carbocycles. The van der Waals surface area contributed by atoms with E-state index in [2.05, 4.69) is 15.4 Å². The van der Waals surface area contributed by atoms with Crippen molar-refractivity contribution in [2.75, 3.05) is 32.5 Å². The highest BCUT2D eigenvalue weighted by molar-refractivity contribution is 6.26. The first-order chi connectivity index (χ1) is 16.4. The molecular formula is C21H23F4N7O3. The van der Waals surface area contributed by atoms with Crippen molar-refractivity contribution in [2.45, 2.75) is 30.9 Å².